The number of esters is 1. The third-order valence-electron chi connectivity index (χ3n) is 3.73. The van der Waals surface area contributed by atoms with Gasteiger partial charge in [-0.1, -0.05) is 40.9 Å². The number of nitrogens with zero attached hydrogens (tertiary/aromatic N) is 1. The molecule has 0 radical (unpaired) electrons. The van der Waals surface area contributed by atoms with E-state index in [1.54, 1.807) is 18.2 Å². The molecule has 0 fully saturated rings. The lowest BCUT2D eigenvalue weighted by molar-refractivity contribution is -0.119. The fourth-order valence-corrected chi connectivity index (χ4v) is 3.90. The molecule has 0 unspecified atom stereocenters. The van der Waals surface area contributed by atoms with Crippen molar-refractivity contribution in [3.63, 3.8) is 0 Å². The van der Waals surface area contributed by atoms with Gasteiger partial charge in [-0.3, -0.25) is 4.79 Å². The molecule has 1 N–H and O–H groups in total. The first-order valence-electron chi connectivity index (χ1n) is 8.57. The van der Waals surface area contributed by atoms with E-state index in [0.717, 1.165) is 10.7 Å². The molecule has 0 aliphatic heterocycles. The van der Waals surface area contributed by atoms with Crippen LogP contribution in [0.3, 0.4) is 0 Å². The van der Waals surface area contributed by atoms with Crippen molar-refractivity contribution in [2.75, 3.05) is 11.9 Å². The molecule has 0 atom stereocenters. The zero-order chi connectivity index (χ0) is 21.7. The average Bonchev–Trinajstić information content (AvgIpc) is 3.12. The number of hydrogen-bond donors (Lipinski definition) is 1. The minimum absolute atomic E-state index is 0.173. The number of carbonyl (C=O) groups excluding carboxylic acids is 2. The Morgan fingerprint density at radius 1 is 1.13 bits per heavy atom. The van der Waals surface area contributed by atoms with E-state index in [1.165, 1.54) is 29.5 Å². The van der Waals surface area contributed by atoms with E-state index in [1.807, 2.05) is 12.3 Å². The Balaban J connectivity index is 1.55. The van der Waals surface area contributed by atoms with Crippen molar-refractivity contribution in [2.24, 2.45) is 0 Å². The highest BCUT2D eigenvalue weighted by molar-refractivity contribution is 7.09. The summed E-state index contributed by atoms with van der Waals surface area (Å²) < 4.78 is 10.7. The molecule has 6 nitrogen and oxygen atoms in total. The van der Waals surface area contributed by atoms with Gasteiger partial charge in [0.1, 0.15) is 12.4 Å². The molecular weight excluding hydrogens is 471 g/mol. The Hall–Kier alpha value is -2.32. The first-order chi connectivity index (χ1) is 14.3. The van der Waals surface area contributed by atoms with Gasteiger partial charge in [-0.2, -0.15) is 0 Å². The van der Waals surface area contributed by atoms with E-state index in [0.29, 0.717) is 10.8 Å². The third-order valence-corrected chi connectivity index (χ3v) is 5.37. The molecule has 0 aliphatic carbocycles. The number of anilines is 1. The van der Waals surface area contributed by atoms with Gasteiger partial charge in [-0.05, 0) is 37.3 Å². The molecule has 1 amide bonds. The van der Waals surface area contributed by atoms with Crippen LogP contribution >= 0.6 is 46.1 Å². The van der Waals surface area contributed by atoms with E-state index < -0.39 is 18.5 Å². The number of amides is 1. The van der Waals surface area contributed by atoms with Crippen molar-refractivity contribution in [1.82, 2.24) is 4.98 Å². The van der Waals surface area contributed by atoms with Gasteiger partial charge in [0.15, 0.2) is 6.61 Å². The summed E-state index contributed by atoms with van der Waals surface area (Å²) in [6, 6.07) is 9.35. The lowest BCUT2D eigenvalue weighted by Crippen LogP contribution is -2.21. The van der Waals surface area contributed by atoms with Gasteiger partial charge in [-0.15, -0.1) is 11.3 Å². The van der Waals surface area contributed by atoms with E-state index in [9.17, 15) is 9.59 Å². The molecule has 0 bridgehead atoms. The van der Waals surface area contributed by atoms with Crippen LogP contribution in [0.15, 0.2) is 41.8 Å². The van der Waals surface area contributed by atoms with Gasteiger partial charge >= 0.3 is 5.97 Å². The van der Waals surface area contributed by atoms with Gasteiger partial charge in [0.05, 0.1) is 32.0 Å². The van der Waals surface area contributed by atoms with E-state index in [-0.39, 0.29) is 27.9 Å². The molecule has 10 heteroatoms. The number of benzene rings is 2. The largest absolute Gasteiger partial charge is 0.487 e. The van der Waals surface area contributed by atoms with Gasteiger partial charge < -0.3 is 14.8 Å². The Bertz CT molecular complexity index is 1060. The summed E-state index contributed by atoms with van der Waals surface area (Å²) in [5, 5.41) is 6.03. The molecule has 156 valence electrons. The van der Waals surface area contributed by atoms with E-state index in [2.05, 4.69) is 10.3 Å². The molecule has 0 spiro atoms. The molecule has 1 heterocycles. The summed E-state index contributed by atoms with van der Waals surface area (Å²) >= 11 is 19.4. The van der Waals surface area contributed by atoms with Crippen molar-refractivity contribution in [2.45, 2.75) is 13.5 Å². The third kappa shape index (κ3) is 6.09. The predicted octanol–water partition coefficient (Wildman–Crippen LogP) is 5.79. The van der Waals surface area contributed by atoms with Crippen molar-refractivity contribution >= 4 is 63.7 Å². The zero-order valence-electron chi connectivity index (χ0n) is 15.6. The standard InChI is InChI=1S/C20H15Cl3N2O4S/c1-11-24-14(10-30-11)8-28-15-4-2-3-12(5-15)20(27)29-9-18(26)25-19-16(22)6-13(21)7-17(19)23/h2-7,10H,8-9H2,1H3,(H,25,26). The predicted molar refractivity (Wildman–Crippen MR) is 118 cm³/mol. The van der Waals surface area contributed by atoms with Crippen LogP contribution < -0.4 is 10.1 Å². The highest BCUT2D eigenvalue weighted by Crippen LogP contribution is 2.33. The summed E-state index contributed by atoms with van der Waals surface area (Å²) in [6.45, 7) is 1.68. The number of aromatic nitrogens is 1. The Morgan fingerprint density at radius 2 is 1.87 bits per heavy atom. The second-order valence-electron chi connectivity index (χ2n) is 6.04. The highest BCUT2D eigenvalue weighted by atomic mass is 35.5. The van der Waals surface area contributed by atoms with Crippen LogP contribution in [0.2, 0.25) is 15.1 Å². The molecule has 3 aromatic rings. The highest BCUT2D eigenvalue weighted by Gasteiger charge is 2.15. The number of nitrogens with one attached hydrogen (secondary N) is 1. The van der Waals surface area contributed by atoms with E-state index >= 15 is 0 Å². The number of aryl methyl sites for hydroxylation is 1. The topological polar surface area (TPSA) is 77.5 Å². The Labute approximate surface area is 191 Å². The molecule has 30 heavy (non-hydrogen) atoms. The van der Waals surface area contributed by atoms with Crippen molar-refractivity contribution < 1.29 is 19.1 Å². The maximum Gasteiger partial charge on any atom is 0.338 e. The van der Waals surface area contributed by atoms with Crippen molar-refractivity contribution in [3.8, 4) is 5.75 Å². The molecule has 0 aliphatic rings. The molecular formula is C20H15Cl3N2O4S. The summed E-state index contributed by atoms with van der Waals surface area (Å²) in [7, 11) is 0. The SMILES string of the molecule is Cc1nc(COc2cccc(C(=O)OCC(=O)Nc3c(Cl)cc(Cl)cc3Cl)c2)cs1. The average molecular weight is 486 g/mol. The van der Waals surface area contributed by atoms with Gasteiger partial charge in [-0.25, -0.2) is 9.78 Å². The molecule has 1 aromatic heterocycles. The first-order valence-corrected chi connectivity index (χ1v) is 10.6. The first kappa shape index (κ1) is 22.4. The quantitative estimate of drug-likeness (QED) is 0.429. The number of rotatable bonds is 7. The summed E-state index contributed by atoms with van der Waals surface area (Å²) in [4.78, 5) is 28.7. The van der Waals surface area contributed by atoms with Crippen LogP contribution in [-0.4, -0.2) is 23.5 Å². The number of ether oxygens (including phenoxy) is 2. The van der Waals surface area contributed by atoms with Crippen molar-refractivity contribution in [1.29, 1.82) is 0 Å². The van der Waals surface area contributed by atoms with Crippen LogP contribution in [0.5, 0.6) is 5.75 Å². The Morgan fingerprint density at radius 3 is 2.53 bits per heavy atom. The molecule has 3 rings (SSSR count). The van der Waals surface area contributed by atoms with Crippen LogP contribution in [0, 0.1) is 6.92 Å². The lowest BCUT2D eigenvalue weighted by Gasteiger charge is -2.11. The number of halogens is 3. The van der Waals surface area contributed by atoms with Gasteiger partial charge in [0.2, 0.25) is 0 Å². The summed E-state index contributed by atoms with van der Waals surface area (Å²) in [5.41, 5.74) is 1.25. The summed E-state index contributed by atoms with van der Waals surface area (Å²) in [5.74, 6) is -0.784. The smallest absolute Gasteiger partial charge is 0.338 e. The van der Waals surface area contributed by atoms with Crippen LogP contribution in [0.4, 0.5) is 5.69 Å². The fraction of sp³-hybridized carbons (Fsp3) is 0.150. The van der Waals surface area contributed by atoms with Gasteiger partial charge in [0.25, 0.3) is 5.91 Å². The fourth-order valence-electron chi connectivity index (χ4n) is 2.40. The maximum atomic E-state index is 12.3. The summed E-state index contributed by atoms with van der Waals surface area (Å²) in [6.07, 6.45) is 0. The second-order valence-corrected chi connectivity index (χ2v) is 8.36. The monoisotopic (exact) mass is 484 g/mol. The molecule has 0 saturated heterocycles. The molecule has 0 saturated carbocycles. The zero-order valence-corrected chi connectivity index (χ0v) is 18.7. The van der Waals surface area contributed by atoms with Crippen LogP contribution in [-0.2, 0) is 16.1 Å². The minimum atomic E-state index is -0.673. The normalized spacial score (nSPS) is 10.5. The van der Waals surface area contributed by atoms with Gasteiger partial charge in [0, 0.05) is 10.4 Å². The van der Waals surface area contributed by atoms with Crippen LogP contribution in [0.25, 0.3) is 0 Å². The molecule has 2 aromatic carbocycles. The van der Waals surface area contributed by atoms with Crippen LogP contribution in [0.1, 0.15) is 21.1 Å². The van der Waals surface area contributed by atoms with E-state index in [4.69, 9.17) is 44.3 Å². The van der Waals surface area contributed by atoms with Crippen molar-refractivity contribution in [3.05, 3.63) is 73.1 Å². The Kier molecular flexibility index (Phi) is 7.55. The number of thiazole rings is 1. The maximum absolute atomic E-state index is 12.3. The second kappa shape index (κ2) is 10.1. The minimum Gasteiger partial charge on any atom is -0.487 e. The number of hydrogen-bond acceptors (Lipinski definition) is 6. The number of carbonyl (C=O) groups is 2. The lowest BCUT2D eigenvalue weighted by atomic mass is 10.2.